The van der Waals surface area contributed by atoms with E-state index in [1.54, 1.807) is 0 Å². The molecule has 2 rings (SSSR count). The van der Waals surface area contributed by atoms with Crippen molar-refractivity contribution >= 4 is 0 Å². The predicted octanol–water partition coefficient (Wildman–Crippen LogP) is 1.46. The summed E-state index contributed by atoms with van der Waals surface area (Å²) >= 11 is 0. The van der Waals surface area contributed by atoms with Gasteiger partial charge in [-0.3, -0.25) is 0 Å². The third kappa shape index (κ3) is 1.69. The zero-order valence-electron chi connectivity index (χ0n) is 9.23. The molecule has 3 nitrogen and oxygen atoms in total. The second-order valence-electron chi connectivity index (χ2n) is 4.50. The molecule has 2 fully saturated rings. The van der Waals surface area contributed by atoms with Crippen LogP contribution in [0, 0.1) is 11.8 Å². The second kappa shape index (κ2) is 4.17. The molecule has 0 radical (unpaired) electrons. The molecule has 14 heavy (non-hydrogen) atoms. The van der Waals surface area contributed by atoms with Gasteiger partial charge in [0, 0.05) is 12.5 Å². The fourth-order valence-electron chi connectivity index (χ4n) is 2.42. The summed E-state index contributed by atoms with van der Waals surface area (Å²) in [4.78, 5) is 0. The van der Waals surface area contributed by atoms with Gasteiger partial charge in [-0.25, -0.2) is 0 Å². The quantitative estimate of drug-likeness (QED) is 0.690. The first-order chi connectivity index (χ1) is 6.74. The van der Waals surface area contributed by atoms with Crippen LogP contribution < -0.4 is 0 Å². The van der Waals surface area contributed by atoms with Gasteiger partial charge in [-0.1, -0.05) is 13.8 Å². The van der Waals surface area contributed by atoms with Crippen LogP contribution in [0.15, 0.2) is 0 Å². The third-order valence-electron chi connectivity index (χ3n) is 3.28. The van der Waals surface area contributed by atoms with Crippen molar-refractivity contribution in [3.8, 4) is 0 Å². The standard InChI is InChI=1S/C11H20O3/c1-4-12-9-6-14-10-8(7(2)3)5-13-11(9)10/h7-11H,4-6H2,1-3H3/t8-,9-,10+,11+/m1/s1. The summed E-state index contributed by atoms with van der Waals surface area (Å²) in [5.74, 6) is 1.18. The van der Waals surface area contributed by atoms with Gasteiger partial charge in [0.15, 0.2) is 0 Å². The number of rotatable bonds is 3. The number of ether oxygens (including phenoxy) is 3. The smallest absolute Gasteiger partial charge is 0.112 e. The molecule has 0 aromatic rings. The maximum Gasteiger partial charge on any atom is 0.112 e. The summed E-state index contributed by atoms with van der Waals surface area (Å²) in [7, 11) is 0. The van der Waals surface area contributed by atoms with E-state index in [0.29, 0.717) is 18.4 Å². The van der Waals surface area contributed by atoms with Crippen molar-refractivity contribution < 1.29 is 14.2 Å². The number of fused-ring (bicyclic) bond motifs is 1. The molecule has 0 unspecified atom stereocenters. The topological polar surface area (TPSA) is 27.7 Å². The Balaban J connectivity index is 1.97. The van der Waals surface area contributed by atoms with Crippen LogP contribution in [0.5, 0.6) is 0 Å². The minimum Gasteiger partial charge on any atom is -0.373 e. The van der Waals surface area contributed by atoms with E-state index < -0.39 is 0 Å². The molecule has 0 aromatic carbocycles. The summed E-state index contributed by atoms with van der Waals surface area (Å²) < 4.78 is 17.1. The average molecular weight is 200 g/mol. The Morgan fingerprint density at radius 1 is 1.21 bits per heavy atom. The lowest BCUT2D eigenvalue weighted by Gasteiger charge is -2.19. The lowest BCUT2D eigenvalue weighted by atomic mass is 9.90. The fraction of sp³-hybridized carbons (Fsp3) is 1.00. The van der Waals surface area contributed by atoms with Gasteiger partial charge in [0.05, 0.1) is 19.3 Å². The highest BCUT2D eigenvalue weighted by atomic mass is 16.6. The molecule has 82 valence electrons. The molecule has 3 heteroatoms. The van der Waals surface area contributed by atoms with E-state index in [1.165, 1.54) is 0 Å². The zero-order valence-corrected chi connectivity index (χ0v) is 9.23. The van der Waals surface area contributed by atoms with E-state index in [-0.39, 0.29) is 18.3 Å². The zero-order chi connectivity index (χ0) is 10.1. The minimum atomic E-state index is 0.161. The Labute approximate surface area is 85.7 Å². The van der Waals surface area contributed by atoms with Crippen LogP contribution in [0.1, 0.15) is 20.8 Å². The Morgan fingerprint density at radius 3 is 2.57 bits per heavy atom. The van der Waals surface area contributed by atoms with Crippen LogP contribution in [-0.2, 0) is 14.2 Å². The number of hydrogen-bond donors (Lipinski definition) is 0. The Kier molecular flexibility index (Phi) is 3.10. The first-order valence-corrected chi connectivity index (χ1v) is 5.58. The second-order valence-corrected chi connectivity index (χ2v) is 4.50. The van der Waals surface area contributed by atoms with Crippen LogP contribution in [0.2, 0.25) is 0 Å². The molecule has 0 N–H and O–H groups in total. The van der Waals surface area contributed by atoms with Gasteiger partial charge in [0.25, 0.3) is 0 Å². The maximum absolute atomic E-state index is 5.77. The summed E-state index contributed by atoms with van der Waals surface area (Å²) in [5.41, 5.74) is 0. The molecule has 0 aromatic heterocycles. The van der Waals surface area contributed by atoms with E-state index in [9.17, 15) is 0 Å². The Bertz CT molecular complexity index is 193. The average Bonchev–Trinajstić information content (AvgIpc) is 2.67. The third-order valence-corrected chi connectivity index (χ3v) is 3.28. The molecule has 2 aliphatic rings. The highest BCUT2D eigenvalue weighted by Gasteiger charge is 2.48. The molecule has 0 bridgehead atoms. The molecule has 0 spiro atoms. The van der Waals surface area contributed by atoms with Crippen molar-refractivity contribution in [2.24, 2.45) is 11.8 Å². The van der Waals surface area contributed by atoms with Crippen LogP contribution in [-0.4, -0.2) is 38.1 Å². The fourth-order valence-corrected chi connectivity index (χ4v) is 2.42. The summed E-state index contributed by atoms with van der Waals surface area (Å²) in [6.07, 6.45) is 0.614. The van der Waals surface area contributed by atoms with Gasteiger partial charge >= 0.3 is 0 Å². The number of hydrogen-bond acceptors (Lipinski definition) is 3. The SMILES string of the molecule is CCO[C@@H]1CO[C@@H]2[C@H]1OC[C@@H]2C(C)C. The summed E-state index contributed by atoms with van der Waals surface area (Å²) in [5, 5.41) is 0. The normalized spacial score (nSPS) is 42.0. The van der Waals surface area contributed by atoms with Crippen molar-refractivity contribution in [2.45, 2.75) is 39.1 Å². The minimum absolute atomic E-state index is 0.161. The lowest BCUT2D eigenvalue weighted by Crippen LogP contribution is -2.32. The summed E-state index contributed by atoms with van der Waals surface area (Å²) in [6.45, 7) is 8.75. The molecule has 2 heterocycles. The first kappa shape index (κ1) is 10.4. The predicted molar refractivity (Wildman–Crippen MR) is 53.2 cm³/mol. The Hall–Kier alpha value is -0.120. The van der Waals surface area contributed by atoms with Crippen LogP contribution in [0.25, 0.3) is 0 Å². The van der Waals surface area contributed by atoms with E-state index in [4.69, 9.17) is 14.2 Å². The van der Waals surface area contributed by atoms with Gasteiger partial charge in [0.1, 0.15) is 12.2 Å². The molecule has 4 atom stereocenters. The lowest BCUT2D eigenvalue weighted by molar-refractivity contribution is -0.0287. The monoisotopic (exact) mass is 200 g/mol. The molecular weight excluding hydrogens is 180 g/mol. The maximum atomic E-state index is 5.77. The molecule has 2 saturated heterocycles. The van der Waals surface area contributed by atoms with E-state index in [0.717, 1.165) is 13.2 Å². The van der Waals surface area contributed by atoms with Gasteiger partial charge in [-0.05, 0) is 12.8 Å². The highest BCUT2D eigenvalue weighted by molar-refractivity contribution is 4.95. The van der Waals surface area contributed by atoms with E-state index >= 15 is 0 Å². The van der Waals surface area contributed by atoms with Gasteiger partial charge in [0.2, 0.25) is 0 Å². The first-order valence-electron chi connectivity index (χ1n) is 5.58. The van der Waals surface area contributed by atoms with Crippen molar-refractivity contribution in [3.05, 3.63) is 0 Å². The van der Waals surface area contributed by atoms with E-state index in [1.807, 2.05) is 6.92 Å². The molecule has 0 saturated carbocycles. The molecule has 0 aliphatic carbocycles. The van der Waals surface area contributed by atoms with Crippen LogP contribution >= 0.6 is 0 Å². The van der Waals surface area contributed by atoms with Crippen molar-refractivity contribution in [1.82, 2.24) is 0 Å². The van der Waals surface area contributed by atoms with Gasteiger partial charge in [-0.15, -0.1) is 0 Å². The van der Waals surface area contributed by atoms with E-state index in [2.05, 4.69) is 13.8 Å². The van der Waals surface area contributed by atoms with Crippen molar-refractivity contribution in [2.75, 3.05) is 19.8 Å². The van der Waals surface area contributed by atoms with Crippen molar-refractivity contribution in [3.63, 3.8) is 0 Å². The largest absolute Gasteiger partial charge is 0.373 e. The molecule has 0 amide bonds. The van der Waals surface area contributed by atoms with Crippen LogP contribution in [0.3, 0.4) is 0 Å². The molecular formula is C11H20O3. The van der Waals surface area contributed by atoms with Gasteiger partial charge < -0.3 is 14.2 Å². The van der Waals surface area contributed by atoms with Crippen molar-refractivity contribution in [1.29, 1.82) is 0 Å². The molecule has 2 aliphatic heterocycles. The Morgan fingerprint density at radius 2 is 1.93 bits per heavy atom. The van der Waals surface area contributed by atoms with Crippen LogP contribution in [0.4, 0.5) is 0 Å². The summed E-state index contributed by atoms with van der Waals surface area (Å²) in [6, 6.07) is 0. The highest BCUT2D eigenvalue weighted by Crippen LogP contribution is 2.36. The van der Waals surface area contributed by atoms with Gasteiger partial charge in [-0.2, -0.15) is 0 Å².